The van der Waals surface area contributed by atoms with Crippen molar-refractivity contribution < 1.29 is 4.74 Å². The summed E-state index contributed by atoms with van der Waals surface area (Å²) in [6.07, 6.45) is 0. The summed E-state index contributed by atoms with van der Waals surface area (Å²) in [4.78, 5) is 0. The van der Waals surface area contributed by atoms with Crippen LogP contribution in [-0.2, 0) is 6.54 Å². The van der Waals surface area contributed by atoms with E-state index in [1.807, 2.05) is 24.3 Å². The molecule has 6 heteroatoms. The molecule has 1 aromatic heterocycles. The molecule has 0 atom stereocenters. The highest BCUT2D eigenvalue weighted by Gasteiger charge is 2.12. The van der Waals surface area contributed by atoms with Crippen molar-refractivity contribution in [2.24, 2.45) is 0 Å². The molecule has 0 aliphatic heterocycles. The van der Waals surface area contributed by atoms with Gasteiger partial charge >= 0.3 is 0 Å². The molecule has 0 spiro atoms. The van der Waals surface area contributed by atoms with Gasteiger partial charge in [0.05, 0.1) is 11.0 Å². The molecule has 4 nitrogen and oxygen atoms in total. The van der Waals surface area contributed by atoms with Crippen molar-refractivity contribution in [3.05, 3.63) is 33.7 Å². The van der Waals surface area contributed by atoms with Gasteiger partial charge in [-0.15, -0.1) is 5.10 Å². The molecule has 0 bridgehead atoms. The Bertz CT molecular complexity index is 551. The Hall–Kier alpha value is -0.980. The van der Waals surface area contributed by atoms with Crippen molar-refractivity contribution >= 4 is 27.3 Å². The Morgan fingerprint density at radius 2 is 2.00 bits per heavy atom. The molecule has 1 N–H and O–H groups in total. The van der Waals surface area contributed by atoms with E-state index in [2.05, 4.69) is 52.2 Å². The van der Waals surface area contributed by atoms with Crippen LogP contribution in [0.3, 0.4) is 0 Å². The maximum absolute atomic E-state index is 5.69. The zero-order valence-corrected chi connectivity index (χ0v) is 13.5. The van der Waals surface area contributed by atoms with Crippen molar-refractivity contribution in [3.8, 4) is 10.9 Å². The second-order valence-corrected chi connectivity index (χ2v) is 6.98. The lowest BCUT2D eigenvalue weighted by Gasteiger charge is -2.19. The Labute approximate surface area is 125 Å². The summed E-state index contributed by atoms with van der Waals surface area (Å²) >= 11 is 4.89. The average Bonchev–Trinajstić information content (AvgIpc) is 2.77. The smallest absolute Gasteiger partial charge is 0.299 e. The van der Waals surface area contributed by atoms with Crippen LogP contribution in [0.15, 0.2) is 28.7 Å². The third-order valence-corrected chi connectivity index (χ3v) is 3.71. The van der Waals surface area contributed by atoms with Crippen molar-refractivity contribution in [1.29, 1.82) is 0 Å². The summed E-state index contributed by atoms with van der Waals surface area (Å²) in [7, 11) is 0. The maximum Gasteiger partial charge on any atom is 0.299 e. The molecular formula is C13H16BrN3OS. The van der Waals surface area contributed by atoms with E-state index in [1.165, 1.54) is 11.3 Å². The largest absolute Gasteiger partial charge is 0.429 e. The number of hydrogen-bond donors (Lipinski definition) is 1. The number of hydrogen-bond acceptors (Lipinski definition) is 5. The van der Waals surface area contributed by atoms with Gasteiger partial charge in [0.15, 0.2) is 0 Å². The first-order valence-corrected chi connectivity index (χ1v) is 7.55. The Morgan fingerprint density at radius 3 is 2.68 bits per heavy atom. The van der Waals surface area contributed by atoms with E-state index in [0.29, 0.717) is 11.7 Å². The molecule has 0 aliphatic rings. The molecule has 0 saturated heterocycles. The fourth-order valence-electron chi connectivity index (χ4n) is 1.31. The van der Waals surface area contributed by atoms with E-state index in [1.54, 1.807) is 0 Å². The molecular weight excluding hydrogens is 326 g/mol. The maximum atomic E-state index is 5.69. The van der Waals surface area contributed by atoms with Gasteiger partial charge in [0, 0.05) is 5.54 Å². The van der Waals surface area contributed by atoms with Gasteiger partial charge in [0.1, 0.15) is 10.8 Å². The molecule has 0 unspecified atom stereocenters. The number of rotatable bonds is 4. The minimum Gasteiger partial charge on any atom is -0.429 e. The molecule has 0 amide bonds. The first kappa shape index (κ1) is 14.4. The number of para-hydroxylation sites is 1. The van der Waals surface area contributed by atoms with Gasteiger partial charge < -0.3 is 10.1 Å². The Kier molecular flexibility index (Phi) is 4.54. The van der Waals surface area contributed by atoms with Gasteiger partial charge in [0.2, 0.25) is 0 Å². The monoisotopic (exact) mass is 341 g/mol. The molecule has 0 fully saturated rings. The lowest BCUT2D eigenvalue weighted by atomic mass is 10.1. The lowest BCUT2D eigenvalue weighted by Crippen LogP contribution is -2.35. The van der Waals surface area contributed by atoms with Crippen LogP contribution in [0.2, 0.25) is 0 Å². The highest BCUT2D eigenvalue weighted by atomic mass is 79.9. The Balaban J connectivity index is 2.00. The summed E-state index contributed by atoms with van der Waals surface area (Å²) in [5.41, 5.74) is 0.0646. The van der Waals surface area contributed by atoms with Crippen molar-refractivity contribution in [2.75, 3.05) is 0 Å². The summed E-state index contributed by atoms with van der Waals surface area (Å²) in [5.74, 6) is 0.744. The standard InChI is InChI=1S/C13H16BrN3OS/c1-13(2,3)15-8-11-16-17-12(19-11)18-10-7-5-4-6-9(10)14/h4-7,15H,8H2,1-3H3. The van der Waals surface area contributed by atoms with Crippen LogP contribution < -0.4 is 10.1 Å². The second-order valence-electron chi connectivity index (χ2n) is 5.10. The van der Waals surface area contributed by atoms with Crippen LogP contribution in [0.1, 0.15) is 25.8 Å². The van der Waals surface area contributed by atoms with Gasteiger partial charge in [0.25, 0.3) is 5.19 Å². The van der Waals surface area contributed by atoms with Crippen LogP contribution in [0.5, 0.6) is 10.9 Å². The molecule has 0 radical (unpaired) electrons. The molecule has 1 heterocycles. The minimum absolute atomic E-state index is 0.0646. The number of halogens is 1. The van der Waals surface area contributed by atoms with Gasteiger partial charge in [-0.25, -0.2) is 0 Å². The molecule has 19 heavy (non-hydrogen) atoms. The topological polar surface area (TPSA) is 47.0 Å². The first-order chi connectivity index (χ1) is 8.94. The molecule has 2 aromatic rings. The SMILES string of the molecule is CC(C)(C)NCc1nnc(Oc2ccccc2Br)s1. The third kappa shape index (κ3) is 4.56. The Morgan fingerprint density at radius 1 is 1.26 bits per heavy atom. The predicted molar refractivity (Wildman–Crippen MR) is 80.7 cm³/mol. The summed E-state index contributed by atoms with van der Waals surface area (Å²) in [6.45, 7) is 7.05. The normalized spacial score (nSPS) is 11.6. The summed E-state index contributed by atoms with van der Waals surface area (Å²) < 4.78 is 6.59. The first-order valence-electron chi connectivity index (χ1n) is 5.94. The van der Waals surface area contributed by atoms with Crippen LogP contribution in [0.25, 0.3) is 0 Å². The number of nitrogens with one attached hydrogen (secondary N) is 1. The fourth-order valence-corrected chi connectivity index (χ4v) is 2.32. The van der Waals surface area contributed by atoms with Crippen LogP contribution in [0.4, 0.5) is 0 Å². The molecule has 2 rings (SSSR count). The lowest BCUT2D eigenvalue weighted by molar-refractivity contribution is 0.423. The zero-order valence-electron chi connectivity index (χ0n) is 11.1. The summed E-state index contributed by atoms with van der Waals surface area (Å²) in [5, 5.41) is 13.0. The quantitative estimate of drug-likeness (QED) is 0.913. The van der Waals surface area contributed by atoms with E-state index >= 15 is 0 Å². The highest BCUT2D eigenvalue weighted by molar-refractivity contribution is 9.10. The summed E-state index contributed by atoms with van der Waals surface area (Å²) in [6, 6.07) is 7.68. The van der Waals surface area contributed by atoms with Gasteiger partial charge in [-0.05, 0) is 48.8 Å². The fraction of sp³-hybridized carbons (Fsp3) is 0.385. The van der Waals surface area contributed by atoms with E-state index < -0.39 is 0 Å². The van der Waals surface area contributed by atoms with E-state index in [-0.39, 0.29) is 5.54 Å². The van der Waals surface area contributed by atoms with E-state index in [9.17, 15) is 0 Å². The zero-order chi connectivity index (χ0) is 13.9. The van der Waals surface area contributed by atoms with Crippen LogP contribution in [-0.4, -0.2) is 15.7 Å². The van der Waals surface area contributed by atoms with Crippen LogP contribution >= 0.6 is 27.3 Å². The van der Waals surface area contributed by atoms with Crippen molar-refractivity contribution in [2.45, 2.75) is 32.9 Å². The molecule has 102 valence electrons. The van der Waals surface area contributed by atoms with Crippen molar-refractivity contribution in [3.63, 3.8) is 0 Å². The number of aromatic nitrogens is 2. The molecule has 1 aromatic carbocycles. The van der Waals surface area contributed by atoms with Crippen molar-refractivity contribution in [1.82, 2.24) is 15.5 Å². The van der Waals surface area contributed by atoms with Gasteiger partial charge in [-0.3, -0.25) is 0 Å². The van der Waals surface area contributed by atoms with Gasteiger partial charge in [-0.1, -0.05) is 28.6 Å². The van der Waals surface area contributed by atoms with Gasteiger partial charge in [-0.2, -0.15) is 0 Å². The van der Waals surface area contributed by atoms with E-state index in [0.717, 1.165) is 15.2 Å². The second kappa shape index (κ2) is 5.98. The average molecular weight is 342 g/mol. The van der Waals surface area contributed by atoms with Crippen LogP contribution in [0, 0.1) is 0 Å². The highest BCUT2D eigenvalue weighted by Crippen LogP contribution is 2.30. The number of ether oxygens (including phenoxy) is 1. The third-order valence-electron chi connectivity index (χ3n) is 2.25. The molecule has 0 saturated carbocycles. The number of nitrogens with zero attached hydrogens (tertiary/aromatic N) is 2. The molecule has 0 aliphatic carbocycles. The number of benzene rings is 1. The van der Waals surface area contributed by atoms with E-state index in [4.69, 9.17) is 4.74 Å². The minimum atomic E-state index is 0.0646. The predicted octanol–water partition coefficient (Wildman–Crippen LogP) is 3.98.